The number of ether oxygens (including phenoxy) is 1. The number of halogens is 2. The monoisotopic (exact) mass is 842 g/mol. The van der Waals surface area contributed by atoms with Gasteiger partial charge in [0.25, 0.3) is 0 Å². The van der Waals surface area contributed by atoms with Crippen LogP contribution in [0.15, 0.2) is 48.5 Å². The normalized spacial score (nSPS) is 35.4. The first kappa shape index (κ1) is 47.2. The van der Waals surface area contributed by atoms with Gasteiger partial charge in [0.15, 0.2) is 0 Å². The molecule has 0 amide bonds. The number of methoxy groups -OCH3 is 1. The molecule has 298 valence electrons. The van der Waals surface area contributed by atoms with E-state index in [1.54, 1.807) is 5.56 Å². The fourth-order valence-corrected chi connectivity index (χ4v) is 12.3. The molecule has 4 fully saturated rings. The molecule has 0 heterocycles. The predicted molar refractivity (Wildman–Crippen MR) is 230 cm³/mol. The molecule has 0 aromatic heterocycles. The SMILES string of the molecule is COC1C(c2ccccc2)C2CC(C)C(CC3C(C)CC4C(c5cc(C(C)(C)C)cc(C(C)(C)C)c5)CCC(C)C34)C2CC1C(C)(C)C.[CH3-].[CH3-].[Cl][Zr+2][Cl]. The molecule has 13 atom stereocenters. The molecule has 4 heteroatoms. The fourth-order valence-electron chi connectivity index (χ4n) is 12.3. The number of fused-ring (bicyclic) bond motifs is 2. The van der Waals surface area contributed by atoms with E-state index in [1.807, 2.05) is 7.11 Å². The molecular weight excluding hydrogens is 767 g/mol. The number of hydrogen-bond acceptors (Lipinski definition) is 1. The summed E-state index contributed by atoms with van der Waals surface area (Å²) < 4.78 is 6.52. The fraction of sp³-hybridized carbons (Fsp3) is 0.714. The Balaban J connectivity index is 0.00000146. The predicted octanol–water partition coefficient (Wildman–Crippen LogP) is 15.1. The van der Waals surface area contributed by atoms with Gasteiger partial charge in [-0.1, -0.05) is 132 Å². The quantitative estimate of drug-likeness (QED) is 0.273. The third-order valence-electron chi connectivity index (χ3n) is 14.9. The van der Waals surface area contributed by atoms with E-state index in [9.17, 15) is 0 Å². The van der Waals surface area contributed by atoms with Gasteiger partial charge in [-0.15, -0.1) is 0 Å². The van der Waals surface area contributed by atoms with Crippen LogP contribution >= 0.6 is 17.0 Å². The van der Waals surface area contributed by atoms with Gasteiger partial charge in [-0.25, -0.2) is 0 Å². The van der Waals surface area contributed by atoms with Gasteiger partial charge >= 0.3 is 37.9 Å². The molecule has 0 N–H and O–H groups in total. The molecular formula is C49H78Cl2OZr. The summed E-state index contributed by atoms with van der Waals surface area (Å²) in [6.45, 7) is 29.8. The molecule has 1 nitrogen and oxygen atoms in total. The zero-order valence-corrected chi connectivity index (χ0v) is 40.5. The number of rotatable bonds is 5. The van der Waals surface area contributed by atoms with Gasteiger partial charge < -0.3 is 19.6 Å². The molecule has 2 aromatic carbocycles. The Morgan fingerprint density at radius 3 is 1.70 bits per heavy atom. The molecule has 4 aliphatic carbocycles. The molecule has 0 saturated heterocycles. The van der Waals surface area contributed by atoms with E-state index in [0.717, 1.165) is 53.3 Å². The summed E-state index contributed by atoms with van der Waals surface area (Å²) in [6.07, 6.45) is 8.65. The van der Waals surface area contributed by atoms with E-state index in [1.165, 1.54) is 55.2 Å². The van der Waals surface area contributed by atoms with Gasteiger partial charge in [0.1, 0.15) is 0 Å². The van der Waals surface area contributed by atoms with Crippen LogP contribution in [0, 0.1) is 79.4 Å². The van der Waals surface area contributed by atoms with Crippen LogP contribution in [-0.2, 0) is 36.4 Å². The molecule has 0 spiro atoms. The van der Waals surface area contributed by atoms with Gasteiger partial charge in [0, 0.05) is 13.0 Å². The van der Waals surface area contributed by atoms with Gasteiger partial charge in [0.2, 0.25) is 0 Å². The Kier molecular flexibility index (Phi) is 16.6. The standard InChI is InChI=1S/C47H72O.2CH3.2ClH.Zr/c1-28-19-20-35(32-23-33(45(4,5)6)25-34(24-32)46(7,8)9)39-22-30(3)37(42(28)39)26-36-29(2)21-40-38(36)27-41(47(10,11)12)44(48-13)43(40)31-17-15-14-16-18-31;;;;;/h14-18,23-25,28-30,35-44H,19-22,26-27H2,1-13H3;2*1H3;2*1H;/q;2*-1;;;+4/p-2. The van der Waals surface area contributed by atoms with Crippen molar-refractivity contribution >= 4 is 17.0 Å². The van der Waals surface area contributed by atoms with Crippen LogP contribution in [0.4, 0.5) is 0 Å². The molecule has 6 rings (SSSR count). The summed E-state index contributed by atoms with van der Waals surface area (Å²) >= 11 is -0.826. The second kappa shape index (κ2) is 18.6. The Bertz CT molecular complexity index is 1390. The Morgan fingerprint density at radius 1 is 0.660 bits per heavy atom. The van der Waals surface area contributed by atoms with E-state index < -0.39 is 20.8 Å². The third kappa shape index (κ3) is 10.1. The summed E-state index contributed by atoms with van der Waals surface area (Å²) in [5.41, 5.74) is 6.81. The van der Waals surface area contributed by atoms with Crippen molar-refractivity contribution in [1.82, 2.24) is 0 Å². The van der Waals surface area contributed by atoms with Crippen molar-refractivity contribution in [3.63, 3.8) is 0 Å². The van der Waals surface area contributed by atoms with E-state index >= 15 is 0 Å². The van der Waals surface area contributed by atoms with Crippen LogP contribution in [0.25, 0.3) is 0 Å². The summed E-state index contributed by atoms with van der Waals surface area (Å²) in [5, 5.41) is 0. The van der Waals surface area contributed by atoms with Crippen molar-refractivity contribution in [2.45, 2.75) is 150 Å². The molecule has 4 aliphatic rings. The summed E-state index contributed by atoms with van der Waals surface area (Å²) in [7, 11) is 11.9. The first-order valence-electron chi connectivity index (χ1n) is 20.5. The minimum absolute atomic E-state index is 0. The van der Waals surface area contributed by atoms with Gasteiger partial charge in [-0.2, -0.15) is 0 Å². The molecule has 4 saturated carbocycles. The van der Waals surface area contributed by atoms with Crippen LogP contribution in [0.3, 0.4) is 0 Å². The minimum atomic E-state index is -0.826. The first-order chi connectivity index (χ1) is 23.8. The van der Waals surface area contributed by atoms with Crippen LogP contribution in [0.1, 0.15) is 156 Å². The second-order valence-electron chi connectivity index (χ2n) is 21.0. The zero-order valence-electron chi connectivity index (χ0n) is 36.5. The topological polar surface area (TPSA) is 9.23 Å². The van der Waals surface area contributed by atoms with E-state index in [4.69, 9.17) is 21.8 Å². The second-order valence-corrected chi connectivity index (χ2v) is 24.7. The zero-order chi connectivity index (χ0) is 37.6. The van der Waals surface area contributed by atoms with Crippen molar-refractivity contribution in [3.8, 4) is 0 Å². The van der Waals surface area contributed by atoms with E-state index in [2.05, 4.69) is 132 Å². The van der Waals surface area contributed by atoms with Crippen molar-refractivity contribution < 1.29 is 25.6 Å². The Hall–Kier alpha value is -0.137. The molecule has 53 heavy (non-hydrogen) atoms. The number of benzene rings is 2. The molecule has 0 radical (unpaired) electrons. The number of hydrogen-bond donors (Lipinski definition) is 0. The maximum absolute atomic E-state index is 6.52. The molecule has 0 aliphatic heterocycles. The van der Waals surface area contributed by atoms with Crippen LogP contribution < -0.4 is 0 Å². The Morgan fingerprint density at radius 2 is 1.19 bits per heavy atom. The van der Waals surface area contributed by atoms with Crippen molar-refractivity contribution in [1.29, 1.82) is 0 Å². The van der Waals surface area contributed by atoms with Crippen LogP contribution in [0.5, 0.6) is 0 Å². The third-order valence-corrected chi connectivity index (χ3v) is 14.9. The average Bonchev–Trinajstić information content (AvgIpc) is 3.55. The maximum atomic E-state index is 6.52. The van der Waals surface area contributed by atoms with Crippen molar-refractivity contribution in [2.75, 3.05) is 7.11 Å². The van der Waals surface area contributed by atoms with Crippen LogP contribution in [0.2, 0.25) is 0 Å². The Labute approximate surface area is 348 Å². The molecule has 13 unspecified atom stereocenters. The van der Waals surface area contributed by atoms with Crippen molar-refractivity contribution in [2.24, 2.45) is 64.6 Å². The average molecular weight is 845 g/mol. The molecule has 2 aromatic rings. The van der Waals surface area contributed by atoms with Gasteiger partial charge in [-0.05, 0) is 142 Å². The summed E-state index contributed by atoms with van der Waals surface area (Å²) in [5.74, 6) is 9.16. The van der Waals surface area contributed by atoms with Gasteiger partial charge in [-0.3, -0.25) is 0 Å². The first-order valence-corrected chi connectivity index (χ1v) is 26.8. The summed E-state index contributed by atoms with van der Waals surface area (Å²) in [6, 6.07) is 19.3. The summed E-state index contributed by atoms with van der Waals surface area (Å²) in [4.78, 5) is 0. The van der Waals surface area contributed by atoms with E-state index in [0.29, 0.717) is 23.9 Å². The molecule has 0 bridgehead atoms. The van der Waals surface area contributed by atoms with Crippen LogP contribution in [-0.4, -0.2) is 13.2 Å². The van der Waals surface area contributed by atoms with Gasteiger partial charge in [0.05, 0.1) is 6.10 Å². The van der Waals surface area contributed by atoms with Crippen molar-refractivity contribution in [3.05, 3.63) is 85.6 Å². The van der Waals surface area contributed by atoms with E-state index in [-0.39, 0.29) is 31.1 Å².